The van der Waals surface area contributed by atoms with Crippen LogP contribution in [0.4, 0.5) is 0 Å². The SMILES string of the molecule is O=C(CCC1CCOCC1)N1CCC(n2c(=O)[nH]c3ccccc32)CC1. The van der Waals surface area contributed by atoms with Gasteiger partial charge in [-0.25, -0.2) is 4.79 Å². The molecule has 0 spiro atoms. The molecule has 6 heteroatoms. The van der Waals surface area contributed by atoms with Crippen molar-refractivity contribution in [2.75, 3.05) is 26.3 Å². The Morgan fingerprint density at radius 3 is 2.62 bits per heavy atom. The lowest BCUT2D eigenvalue weighted by atomic mass is 9.94. The minimum absolute atomic E-state index is 0.0458. The molecule has 0 unspecified atom stereocenters. The van der Waals surface area contributed by atoms with Crippen LogP contribution in [0.3, 0.4) is 0 Å². The monoisotopic (exact) mass is 357 g/mol. The van der Waals surface area contributed by atoms with Crippen LogP contribution in [0.5, 0.6) is 0 Å². The van der Waals surface area contributed by atoms with Gasteiger partial charge in [-0.05, 0) is 50.2 Å². The fourth-order valence-corrected chi connectivity index (χ4v) is 4.33. The zero-order chi connectivity index (χ0) is 17.9. The number of aromatic amines is 1. The van der Waals surface area contributed by atoms with Crippen LogP contribution in [0.1, 0.15) is 44.6 Å². The molecule has 26 heavy (non-hydrogen) atoms. The first-order valence-corrected chi connectivity index (χ1v) is 9.77. The van der Waals surface area contributed by atoms with Crippen molar-refractivity contribution in [2.45, 2.75) is 44.6 Å². The highest BCUT2D eigenvalue weighted by Gasteiger charge is 2.26. The van der Waals surface area contributed by atoms with Crippen LogP contribution in [-0.4, -0.2) is 46.7 Å². The Kier molecular flexibility index (Phi) is 5.11. The average Bonchev–Trinajstić information content (AvgIpc) is 3.03. The summed E-state index contributed by atoms with van der Waals surface area (Å²) in [6.07, 6.45) is 5.46. The van der Waals surface area contributed by atoms with Gasteiger partial charge in [0, 0.05) is 38.8 Å². The molecule has 2 aromatic rings. The molecule has 2 aliphatic heterocycles. The number of H-pyrrole nitrogens is 1. The van der Waals surface area contributed by atoms with E-state index < -0.39 is 0 Å². The summed E-state index contributed by atoms with van der Waals surface area (Å²) >= 11 is 0. The molecular weight excluding hydrogens is 330 g/mol. The highest BCUT2D eigenvalue weighted by Crippen LogP contribution is 2.26. The van der Waals surface area contributed by atoms with Crippen LogP contribution in [-0.2, 0) is 9.53 Å². The quantitative estimate of drug-likeness (QED) is 0.915. The molecule has 0 saturated carbocycles. The van der Waals surface area contributed by atoms with Gasteiger partial charge in [0.25, 0.3) is 0 Å². The number of hydrogen-bond acceptors (Lipinski definition) is 3. The summed E-state index contributed by atoms with van der Waals surface area (Å²) in [5, 5.41) is 0. The fraction of sp³-hybridized carbons (Fsp3) is 0.600. The van der Waals surface area contributed by atoms with Gasteiger partial charge in [-0.15, -0.1) is 0 Å². The number of amides is 1. The van der Waals surface area contributed by atoms with Gasteiger partial charge >= 0.3 is 5.69 Å². The number of imidazole rings is 1. The molecule has 1 aromatic carbocycles. The number of piperidine rings is 1. The molecule has 2 aliphatic rings. The number of fused-ring (bicyclic) bond motifs is 1. The van der Waals surface area contributed by atoms with E-state index in [0.29, 0.717) is 12.3 Å². The van der Waals surface area contributed by atoms with Gasteiger partial charge in [-0.2, -0.15) is 0 Å². The predicted molar refractivity (Wildman–Crippen MR) is 100 cm³/mol. The maximum Gasteiger partial charge on any atom is 0.326 e. The van der Waals surface area contributed by atoms with E-state index in [-0.39, 0.29) is 17.6 Å². The maximum atomic E-state index is 12.5. The highest BCUT2D eigenvalue weighted by atomic mass is 16.5. The Bertz CT molecular complexity index is 811. The van der Waals surface area contributed by atoms with E-state index in [1.54, 1.807) is 0 Å². The van der Waals surface area contributed by atoms with Crippen LogP contribution < -0.4 is 5.69 Å². The predicted octanol–water partition coefficient (Wildman–Crippen LogP) is 2.70. The third kappa shape index (κ3) is 3.56. The Hall–Kier alpha value is -2.08. The minimum Gasteiger partial charge on any atom is -0.381 e. The minimum atomic E-state index is -0.0458. The standard InChI is InChI=1S/C20H27N3O3/c24-19(6-5-15-9-13-26-14-10-15)22-11-7-16(8-12-22)23-18-4-2-1-3-17(18)21-20(23)25/h1-4,15-16H,5-14H2,(H,21,25). The third-order valence-electron chi connectivity index (χ3n) is 5.91. The van der Waals surface area contributed by atoms with Crippen molar-refractivity contribution in [3.63, 3.8) is 0 Å². The van der Waals surface area contributed by atoms with E-state index in [2.05, 4.69) is 4.98 Å². The number of para-hydroxylation sites is 2. The Morgan fingerprint density at radius 1 is 1.12 bits per heavy atom. The number of likely N-dealkylation sites (tertiary alicyclic amines) is 1. The molecule has 1 aromatic heterocycles. The molecule has 2 saturated heterocycles. The normalized spacial score (nSPS) is 19.9. The van der Waals surface area contributed by atoms with Gasteiger partial charge in [0.15, 0.2) is 0 Å². The number of carbonyl (C=O) groups is 1. The maximum absolute atomic E-state index is 12.5. The zero-order valence-corrected chi connectivity index (χ0v) is 15.2. The number of rotatable bonds is 4. The second-order valence-electron chi connectivity index (χ2n) is 7.52. The lowest BCUT2D eigenvalue weighted by molar-refractivity contribution is -0.133. The Morgan fingerprint density at radius 2 is 1.85 bits per heavy atom. The first-order valence-electron chi connectivity index (χ1n) is 9.77. The second kappa shape index (κ2) is 7.66. The number of nitrogens with zero attached hydrogens (tertiary/aromatic N) is 2. The molecule has 1 N–H and O–H groups in total. The molecule has 0 bridgehead atoms. The smallest absolute Gasteiger partial charge is 0.326 e. The van der Waals surface area contributed by atoms with Crippen LogP contribution >= 0.6 is 0 Å². The molecule has 4 rings (SSSR count). The summed E-state index contributed by atoms with van der Waals surface area (Å²) in [6.45, 7) is 3.15. The van der Waals surface area contributed by atoms with Gasteiger partial charge in [-0.3, -0.25) is 9.36 Å². The van der Waals surface area contributed by atoms with Crippen molar-refractivity contribution in [3.05, 3.63) is 34.7 Å². The average molecular weight is 357 g/mol. The topological polar surface area (TPSA) is 67.3 Å². The van der Waals surface area contributed by atoms with E-state index in [0.717, 1.165) is 69.4 Å². The second-order valence-corrected chi connectivity index (χ2v) is 7.52. The Balaban J connectivity index is 1.34. The van der Waals surface area contributed by atoms with Crippen molar-refractivity contribution in [1.82, 2.24) is 14.5 Å². The van der Waals surface area contributed by atoms with Crippen molar-refractivity contribution in [2.24, 2.45) is 5.92 Å². The molecule has 6 nitrogen and oxygen atoms in total. The number of ether oxygens (including phenoxy) is 1. The van der Waals surface area contributed by atoms with E-state index in [9.17, 15) is 9.59 Å². The molecule has 0 radical (unpaired) electrons. The van der Waals surface area contributed by atoms with Gasteiger partial charge in [0.1, 0.15) is 0 Å². The molecule has 3 heterocycles. The summed E-state index contributed by atoms with van der Waals surface area (Å²) in [5.74, 6) is 0.899. The first kappa shape index (κ1) is 17.3. The third-order valence-corrected chi connectivity index (χ3v) is 5.91. The van der Waals surface area contributed by atoms with Gasteiger partial charge in [0.05, 0.1) is 11.0 Å². The molecular formula is C20H27N3O3. The van der Waals surface area contributed by atoms with Gasteiger partial charge < -0.3 is 14.6 Å². The fourth-order valence-electron chi connectivity index (χ4n) is 4.33. The Labute approximate surface area is 153 Å². The molecule has 2 fully saturated rings. The summed E-state index contributed by atoms with van der Waals surface area (Å²) in [4.78, 5) is 29.8. The number of hydrogen-bond donors (Lipinski definition) is 1. The molecule has 0 aliphatic carbocycles. The van der Waals surface area contributed by atoms with Gasteiger partial charge in [0.2, 0.25) is 5.91 Å². The van der Waals surface area contributed by atoms with Crippen LogP contribution in [0.2, 0.25) is 0 Å². The molecule has 1 amide bonds. The highest BCUT2D eigenvalue weighted by molar-refractivity contribution is 5.76. The summed E-state index contributed by atoms with van der Waals surface area (Å²) < 4.78 is 7.26. The van der Waals surface area contributed by atoms with Crippen molar-refractivity contribution in [1.29, 1.82) is 0 Å². The summed E-state index contributed by atoms with van der Waals surface area (Å²) in [5.41, 5.74) is 1.80. The van der Waals surface area contributed by atoms with Crippen LogP contribution in [0.15, 0.2) is 29.1 Å². The molecule has 0 atom stereocenters. The van der Waals surface area contributed by atoms with Crippen LogP contribution in [0.25, 0.3) is 11.0 Å². The van der Waals surface area contributed by atoms with Crippen molar-refractivity contribution < 1.29 is 9.53 Å². The first-order chi connectivity index (χ1) is 12.7. The summed E-state index contributed by atoms with van der Waals surface area (Å²) in [7, 11) is 0. The number of nitrogens with one attached hydrogen (secondary N) is 1. The lowest BCUT2D eigenvalue weighted by Crippen LogP contribution is -2.40. The van der Waals surface area contributed by atoms with E-state index in [4.69, 9.17) is 4.74 Å². The van der Waals surface area contributed by atoms with E-state index in [1.165, 1.54) is 0 Å². The lowest BCUT2D eigenvalue weighted by Gasteiger charge is -2.33. The number of aromatic nitrogens is 2. The summed E-state index contributed by atoms with van der Waals surface area (Å²) in [6, 6.07) is 7.97. The van der Waals surface area contributed by atoms with Crippen LogP contribution in [0, 0.1) is 5.92 Å². The van der Waals surface area contributed by atoms with E-state index in [1.807, 2.05) is 33.7 Å². The van der Waals surface area contributed by atoms with Crippen molar-refractivity contribution >= 4 is 16.9 Å². The zero-order valence-electron chi connectivity index (χ0n) is 15.2. The van der Waals surface area contributed by atoms with E-state index >= 15 is 0 Å². The van der Waals surface area contributed by atoms with Gasteiger partial charge in [-0.1, -0.05) is 12.1 Å². The van der Waals surface area contributed by atoms with Crippen molar-refractivity contribution in [3.8, 4) is 0 Å². The largest absolute Gasteiger partial charge is 0.381 e. The number of benzene rings is 1. The number of carbonyl (C=O) groups excluding carboxylic acids is 1. The molecule has 140 valence electrons.